The van der Waals surface area contributed by atoms with Crippen LogP contribution in [-0.2, 0) is 0 Å². The van der Waals surface area contributed by atoms with E-state index in [1.54, 1.807) is 0 Å². The van der Waals surface area contributed by atoms with Crippen molar-refractivity contribution in [3.63, 3.8) is 0 Å². The first kappa shape index (κ1) is 14.5. The summed E-state index contributed by atoms with van der Waals surface area (Å²) in [7, 11) is 0. The van der Waals surface area contributed by atoms with E-state index in [0.717, 1.165) is 12.1 Å². The SMILES string of the molecule is O=C(CCl)c1ccc(O)c(C(=O)O)c1.[NaH]. The van der Waals surface area contributed by atoms with Crippen molar-refractivity contribution in [3.8, 4) is 5.75 Å². The van der Waals surface area contributed by atoms with Crippen molar-refractivity contribution in [3.05, 3.63) is 29.3 Å². The third-order valence-corrected chi connectivity index (χ3v) is 1.91. The summed E-state index contributed by atoms with van der Waals surface area (Å²) in [5.74, 6) is -2.26. The predicted molar refractivity (Wildman–Crippen MR) is 57.3 cm³/mol. The third-order valence-electron chi connectivity index (χ3n) is 1.67. The van der Waals surface area contributed by atoms with Gasteiger partial charge in [-0.05, 0) is 18.2 Å². The first-order chi connectivity index (χ1) is 6.56. The van der Waals surface area contributed by atoms with Gasteiger partial charge in [-0.3, -0.25) is 4.79 Å². The molecular formula is C9H8ClNaO4. The fourth-order valence-electron chi connectivity index (χ4n) is 0.958. The van der Waals surface area contributed by atoms with Crippen LogP contribution in [0.15, 0.2) is 18.2 Å². The maximum atomic E-state index is 11.1. The van der Waals surface area contributed by atoms with Crippen molar-refractivity contribution in [2.24, 2.45) is 0 Å². The van der Waals surface area contributed by atoms with E-state index in [2.05, 4.69) is 0 Å². The molecule has 4 nitrogen and oxygen atoms in total. The number of carboxylic acids is 1. The van der Waals surface area contributed by atoms with Crippen LogP contribution in [0.5, 0.6) is 5.75 Å². The van der Waals surface area contributed by atoms with Gasteiger partial charge in [0.2, 0.25) is 0 Å². The van der Waals surface area contributed by atoms with Crippen molar-refractivity contribution in [1.29, 1.82) is 0 Å². The molecule has 0 saturated heterocycles. The molecule has 1 aromatic rings. The molecule has 0 atom stereocenters. The molecule has 0 bridgehead atoms. The number of carbonyl (C=O) groups excluding carboxylic acids is 1. The van der Waals surface area contributed by atoms with E-state index in [4.69, 9.17) is 21.8 Å². The Labute approximate surface area is 113 Å². The van der Waals surface area contributed by atoms with Crippen molar-refractivity contribution in [2.45, 2.75) is 0 Å². The fourth-order valence-corrected chi connectivity index (χ4v) is 1.11. The summed E-state index contributed by atoms with van der Waals surface area (Å²) in [5.41, 5.74) is -0.129. The van der Waals surface area contributed by atoms with E-state index in [9.17, 15) is 9.59 Å². The molecule has 0 fully saturated rings. The van der Waals surface area contributed by atoms with Crippen LogP contribution in [0, 0.1) is 0 Å². The minimum absolute atomic E-state index is 0. The Morgan fingerprint density at radius 2 is 1.93 bits per heavy atom. The van der Waals surface area contributed by atoms with Crippen LogP contribution in [0.4, 0.5) is 0 Å². The van der Waals surface area contributed by atoms with Crippen LogP contribution in [0.1, 0.15) is 20.7 Å². The number of hydrogen-bond acceptors (Lipinski definition) is 3. The first-order valence-electron chi connectivity index (χ1n) is 3.71. The molecule has 6 heteroatoms. The van der Waals surface area contributed by atoms with Gasteiger partial charge in [-0.15, -0.1) is 11.6 Å². The predicted octanol–water partition coefficient (Wildman–Crippen LogP) is 0.863. The quantitative estimate of drug-likeness (QED) is 0.465. The van der Waals surface area contributed by atoms with Crippen LogP contribution in [0.2, 0.25) is 0 Å². The minimum atomic E-state index is -1.29. The number of ketones is 1. The Bertz CT molecular complexity index is 392. The average Bonchev–Trinajstić information content (AvgIpc) is 2.17. The molecule has 0 heterocycles. The van der Waals surface area contributed by atoms with Gasteiger partial charge in [0.05, 0.1) is 5.88 Å². The molecule has 0 aliphatic carbocycles. The molecule has 0 aliphatic rings. The molecule has 0 aliphatic heterocycles. The van der Waals surface area contributed by atoms with E-state index in [0.29, 0.717) is 0 Å². The molecule has 0 radical (unpaired) electrons. The summed E-state index contributed by atoms with van der Waals surface area (Å²) in [6, 6.07) is 3.58. The summed E-state index contributed by atoms with van der Waals surface area (Å²) in [4.78, 5) is 21.7. The molecule has 1 rings (SSSR count). The fraction of sp³-hybridized carbons (Fsp3) is 0.111. The van der Waals surface area contributed by atoms with Crippen LogP contribution in [0.3, 0.4) is 0 Å². The number of rotatable bonds is 3. The van der Waals surface area contributed by atoms with Gasteiger partial charge >= 0.3 is 35.5 Å². The summed E-state index contributed by atoms with van der Waals surface area (Å²) < 4.78 is 0. The number of carbonyl (C=O) groups is 2. The Hall–Kier alpha value is -0.550. The summed E-state index contributed by atoms with van der Waals surface area (Å²) >= 11 is 5.30. The van der Waals surface area contributed by atoms with Gasteiger partial charge in [0, 0.05) is 5.56 Å². The maximum absolute atomic E-state index is 11.1. The number of aromatic carboxylic acids is 1. The molecule has 0 saturated carbocycles. The van der Waals surface area contributed by atoms with E-state index in [1.165, 1.54) is 6.07 Å². The van der Waals surface area contributed by atoms with Crippen LogP contribution >= 0.6 is 11.6 Å². The Morgan fingerprint density at radius 1 is 1.33 bits per heavy atom. The molecule has 0 amide bonds. The van der Waals surface area contributed by atoms with Gasteiger partial charge in [0.25, 0.3) is 0 Å². The number of Topliss-reactive ketones (excluding diaryl/α,β-unsaturated/α-hetero) is 1. The number of halogens is 1. The van der Waals surface area contributed by atoms with E-state index < -0.39 is 5.97 Å². The van der Waals surface area contributed by atoms with Gasteiger partial charge in [-0.25, -0.2) is 4.79 Å². The third kappa shape index (κ3) is 3.50. The summed E-state index contributed by atoms with van der Waals surface area (Å²) in [6.07, 6.45) is 0. The second kappa shape index (κ2) is 6.12. The average molecular weight is 239 g/mol. The molecule has 2 N–H and O–H groups in total. The van der Waals surface area contributed by atoms with E-state index in [-0.39, 0.29) is 58.1 Å². The zero-order valence-corrected chi connectivity index (χ0v) is 7.78. The Morgan fingerprint density at radius 3 is 2.40 bits per heavy atom. The van der Waals surface area contributed by atoms with E-state index >= 15 is 0 Å². The van der Waals surface area contributed by atoms with Crippen LogP contribution in [-0.4, -0.2) is 57.4 Å². The normalized spacial score (nSPS) is 9.13. The molecule has 0 aromatic heterocycles. The Balaban J connectivity index is 0.00000196. The van der Waals surface area contributed by atoms with Gasteiger partial charge in [0.15, 0.2) is 5.78 Å². The van der Waals surface area contributed by atoms with Crippen LogP contribution in [0.25, 0.3) is 0 Å². The van der Waals surface area contributed by atoms with Gasteiger partial charge in [0.1, 0.15) is 11.3 Å². The zero-order chi connectivity index (χ0) is 10.7. The number of alkyl halides is 1. The van der Waals surface area contributed by atoms with Gasteiger partial charge < -0.3 is 10.2 Å². The monoisotopic (exact) mass is 238 g/mol. The topological polar surface area (TPSA) is 74.6 Å². The van der Waals surface area contributed by atoms with Crippen LogP contribution < -0.4 is 0 Å². The number of benzene rings is 1. The zero-order valence-electron chi connectivity index (χ0n) is 7.03. The molecule has 0 spiro atoms. The first-order valence-corrected chi connectivity index (χ1v) is 4.25. The molecular weight excluding hydrogens is 231 g/mol. The van der Waals surface area contributed by atoms with Crippen molar-refractivity contribution in [1.82, 2.24) is 0 Å². The summed E-state index contributed by atoms with van der Waals surface area (Å²) in [6.45, 7) is 0. The number of carboxylic acid groups (broad SMARTS) is 1. The molecule has 76 valence electrons. The Kier molecular flexibility index (Phi) is 5.90. The van der Waals surface area contributed by atoms with E-state index in [1.807, 2.05) is 0 Å². The molecule has 0 unspecified atom stereocenters. The van der Waals surface area contributed by atoms with Gasteiger partial charge in [-0.1, -0.05) is 0 Å². The second-order valence-electron chi connectivity index (χ2n) is 2.59. The number of hydrogen-bond donors (Lipinski definition) is 2. The molecule has 15 heavy (non-hydrogen) atoms. The second-order valence-corrected chi connectivity index (χ2v) is 2.86. The standard InChI is InChI=1S/C9H7ClO4.Na.H/c10-4-8(12)5-1-2-7(11)6(3-5)9(13)14;;/h1-3,11H,4H2,(H,13,14);;. The molecule has 1 aromatic carbocycles. The number of aromatic hydroxyl groups is 1. The number of phenols is 1. The van der Waals surface area contributed by atoms with Crippen molar-refractivity contribution in [2.75, 3.05) is 5.88 Å². The van der Waals surface area contributed by atoms with Crippen molar-refractivity contribution < 1.29 is 19.8 Å². The van der Waals surface area contributed by atoms with Gasteiger partial charge in [-0.2, -0.15) is 0 Å². The summed E-state index contributed by atoms with van der Waals surface area (Å²) in [5, 5.41) is 17.8. The van der Waals surface area contributed by atoms with Crippen molar-refractivity contribution >= 4 is 52.9 Å².